The predicted octanol–water partition coefficient (Wildman–Crippen LogP) is 4.43. The highest BCUT2D eigenvalue weighted by Crippen LogP contribution is 2.33. The SMILES string of the molecule is Cc1ccc(F)cc1OC(c1ccc(Br)s1)C(C)N. The molecular formula is C14H15BrFNOS. The molecule has 0 aliphatic carbocycles. The van der Waals surface area contributed by atoms with Crippen LogP contribution in [0.4, 0.5) is 4.39 Å². The third kappa shape index (κ3) is 3.55. The van der Waals surface area contributed by atoms with Crippen LogP contribution in [0.25, 0.3) is 0 Å². The quantitative estimate of drug-likeness (QED) is 0.891. The molecule has 0 saturated heterocycles. The Morgan fingerprint density at radius 3 is 2.63 bits per heavy atom. The molecule has 102 valence electrons. The van der Waals surface area contributed by atoms with Gasteiger partial charge < -0.3 is 10.5 Å². The molecule has 0 aliphatic heterocycles. The second-order valence-electron chi connectivity index (χ2n) is 4.45. The smallest absolute Gasteiger partial charge is 0.148 e. The summed E-state index contributed by atoms with van der Waals surface area (Å²) in [5, 5.41) is 0. The van der Waals surface area contributed by atoms with Crippen LogP contribution in [0.2, 0.25) is 0 Å². The van der Waals surface area contributed by atoms with E-state index in [2.05, 4.69) is 15.9 Å². The van der Waals surface area contributed by atoms with Gasteiger partial charge in [-0.3, -0.25) is 0 Å². The van der Waals surface area contributed by atoms with E-state index in [4.69, 9.17) is 10.5 Å². The zero-order valence-electron chi connectivity index (χ0n) is 10.7. The highest BCUT2D eigenvalue weighted by molar-refractivity contribution is 9.11. The molecule has 2 atom stereocenters. The van der Waals surface area contributed by atoms with Gasteiger partial charge in [0.1, 0.15) is 17.7 Å². The van der Waals surface area contributed by atoms with Crippen LogP contribution < -0.4 is 10.5 Å². The van der Waals surface area contributed by atoms with Gasteiger partial charge in [0.2, 0.25) is 0 Å². The van der Waals surface area contributed by atoms with Gasteiger partial charge in [-0.25, -0.2) is 4.39 Å². The zero-order valence-corrected chi connectivity index (χ0v) is 13.1. The van der Waals surface area contributed by atoms with E-state index in [0.717, 1.165) is 14.2 Å². The molecule has 0 bridgehead atoms. The Labute approximate surface area is 124 Å². The molecule has 5 heteroatoms. The summed E-state index contributed by atoms with van der Waals surface area (Å²) in [5.74, 6) is 0.225. The lowest BCUT2D eigenvalue weighted by Crippen LogP contribution is -2.28. The summed E-state index contributed by atoms with van der Waals surface area (Å²) in [6, 6.07) is 8.26. The molecule has 0 saturated carbocycles. The van der Waals surface area contributed by atoms with Crippen molar-refractivity contribution in [3.05, 3.63) is 50.4 Å². The Hall–Kier alpha value is -0.910. The van der Waals surface area contributed by atoms with Crippen molar-refractivity contribution in [2.45, 2.75) is 26.0 Å². The van der Waals surface area contributed by atoms with Gasteiger partial charge in [-0.05, 0) is 53.5 Å². The molecule has 0 aliphatic rings. The number of nitrogens with two attached hydrogens (primary N) is 1. The Morgan fingerprint density at radius 2 is 2.05 bits per heavy atom. The first-order valence-corrected chi connectivity index (χ1v) is 7.52. The van der Waals surface area contributed by atoms with Gasteiger partial charge in [-0.1, -0.05) is 6.07 Å². The van der Waals surface area contributed by atoms with Crippen molar-refractivity contribution in [1.29, 1.82) is 0 Å². The highest BCUT2D eigenvalue weighted by atomic mass is 79.9. The van der Waals surface area contributed by atoms with Crippen LogP contribution >= 0.6 is 27.3 Å². The Kier molecular flexibility index (Phi) is 4.60. The van der Waals surface area contributed by atoms with E-state index < -0.39 is 0 Å². The van der Waals surface area contributed by atoms with Gasteiger partial charge in [-0.2, -0.15) is 0 Å². The lowest BCUT2D eigenvalue weighted by atomic mass is 10.1. The standard InChI is InChI=1S/C14H15BrFNOS/c1-8-3-4-10(16)7-11(8)18-14(9(2)17)12-5-6-13(15)19-12/h3-7,9,14H,17H2,1-2H3. The van der Waals surface area contributed by atoms with Crippen LogP contribution in [-0.2, 0) is 0 Å². The van der Waals surface area contributed by atoms with E-state index >= 15 is 0 Å². The molecule has 1 aromatic heterocycles. The minimum atomic E-state index is -0.309. The molecule has 0 spiro atoms. The molecule has 1 heterocycles. The van der Waals surface area contributed by atoms with E-state index in [0.29, 0.717) is 5.75 Å². The van der Waals surface area contributed by atoms with Gasteiger partial charge in [0.25, 0.3) is 0 Å². The van der Waals surface area contributed by atoms with E-state index in [9.17, 15) is 4.39 Å². The first kappa shape index (κ1) is 14.5. The average Bonchev–Trinajstić information content (AvgIpc) is 2.76. The molecule has 2 aromatic rings. The number of halogens is 2. The van der Waals surface area contributed by atoms with Crippen molar-refractivity contribution >= 4 is 27.3 Å². The summed E-state index contributed by atoms with van der Waals surface area (Å²) in [6.07, 6.45) is -0.281. The van der Waals surface area contributed by atoms with Crippen molar-refractivity contribution in [3.8, 4) is 5.75 Å². The first-order valence-electron chi connectivity index (χ1n) is 5.91. The number of hydrogen-bond donors (Lipinski definition) is 1. The number of aryl methyl sites for hydroxylation is 1. The summed E-state index contributed by atoms with van der Waals surface area (Å²) in [7, 11) is 0. The number of thiophene rings is 1. The molecule has 19 heavy (non-hydrogen) atoms. The Balaban J connectivity index is 2.29. The normalized spacial score (nSPS) is 14.2. The van der Waals surface area contributed by atoms with Gasteiger partial charge in [0.05, 0.1) is 3.79 Å². The summed E-state index contributed by atoms with van der Waals surface area (Å²) < 4.78 is 20.2. The maximum absolute atomic E-state index is 13.3. The molecule has 0 amide bonds. The molecular weight excluding hydrogens is 329 g/mol. The molecule has 0 radical (unpaired) electrons. The van der Waals surface area contributed by atoms with Crippen molar-refractivity contribution in [3.63, 3.8) is 0 Å². The van der Waals surface area contributed by atoms with Crippen LogP contribution in [0, 0.1) is 12.7 Å². The number of ether oxygens (including phenoxy) is 1. The summed E-state index contributed by atoms with van der Waals surface area (Å²) in [6.45, 7) is 3.77. The zero-order chi connectivity index (χ0) is 14.0. The van der Waals surface area contributed by atoms with Crippen LogP contribution in [0.3, 0.4) is 0 Å². The molecule has 2 unspecified atom stereocenters. The van der Waals surface area contributed by atoms with Crippen molar-refractivity contribution in [2.75, 3.05) is 0 Å². The van der Waals surface area contributed by atoms with E-state index in [-0.39, 0.29) is 18.0 Å². The summed E-state index contributed by atoms with van der Waals surface area (Å²) >= 11 is 4.99. The molecule has 2 N–H and O–H groups in total. The van der Waals surface area contributed by atoms with Crippen molar-refractivity contribution in [2.24, 2.45) is 5.73 Å². The lowest BCUT2D eigenvalue weighted by Gasteiger charge is -2.22. The topological polar surface area (TPSA) is 35.2 Å². The van der Waals surface area contributed by atoms with Gasteiger partial charge >= 0.3 is 0 Å². The molecule has 0 fully saturated rings. The van der Waals surface area contributed by atoms with Gasteiger partial charge in [-0.15, -0.1) is 11.3 Å². The largest absolute Gasteiger partial charge is 0.483 e. The third-order valence-corrected chi connectivity index (χ3v) is 4.44. The molecule has 1 aromatic carbocycles. The van der Waals surface area contributed by atoms with Crippen LogP contribution in [0.15, 0.2) is 34.1 Å². The second-order valence-corrected chi connectivity index (χ2v) is 6.94. The van der Waals surface area contributed by atoms with E-state index in [1.165, 1.54) is 12.1 Å². The van der Waals surface area contributed by atoms with Gasteiger partial charge in [0.15, 0.2) is 0 Å². The number of benzene rings is 1. The fraction of sp³-hybridized carbons (Fsp3) is 0.286. The fourth-order valence-corrected chi connectivity index (χ4v) is 3.31. The maximum atomic E-state index is 13.3. The molecule has 2 rings (SSSR count). The lowest BCUT2D eigenvalue weighted by molar-refractivity contribution is 0.182. The van der Waals surface area contributed by atoms with Crippen LogP contribution in [0.1, 0.15) is 23.5 Å². The second kappa shape index (κ2) is 6.03. The third-order valence-electron chi connectivity index (χ3n) is 2.76. The minimum absolute atomic E-state index is 0.187. The molecule has 2 nitrogen and oxygen atoms in total. The van der Waals surface area contributed by atoms with Crippen molar-refractivity contribution < 1.29 is 9.13 Å². The highest BCUT2D eigenvalue weighted by Gasteiger charge is 2.21. The van der Waals surface area contributed by atoms with Crippen molar-refractivity contribution in [1.82, 2.24) is 0 Å². The first-order chi connectivity index (χ1) is 8.97. The average molecular weight is 344 g/mol. The number of hydrogen-bond acceptors (Lipinski definition) is 3. The monoisotopic (exact) mass is 343 g/mol. The van der Waals surface area contributed by atoms with Crippen LogP contribution in [-0.4, -0.2) is 6.04 Å². The minimum Gasteiger partial charge on any atom is -0.483 e. The predicted molar refractivity (Wildman–Crippen MR) is 80.2 cm³/mol. The van der Waals surface area contributed by atoms with E-state index in [1.807, 2.05) is 26.0 Å². The van der Waals surface area contributed by atoms with Crippen LogP contribution in [0.5, 0.6) is 5.75 Å². The van der Waals surface area contributed by atoms with E-state index in [1.54, 1.807) is 17.4 Å². The Bertz CT molecular complexity index is 570. The summed E-state index contributed by atoms with van der Waals surface area (Å²) in [4.78, 5) is 1.02. The Morgan fingerprint density at radius 1 is 1.32 bits per heavy atom. The number of rotatable bonds is 4. The fourth-order valence-electron chi connectivity index (χ4n) is 1.74. The summed E-state index contributed by atoms with van der Waals surface area (Å²) in [5.41, 5.74) is 6.88. The van der Waals surface area contributed by atoms with Gasteiger partial charge in [0, 0.05) is 17.0 Å². The maximum Gasteiger partial charge on any atom is 0.148 e.